The average molecular weight is 646 g/mol. The number of carbonyl (C=O) groups is 2. The van der Waals surface area contributed by atoms with Crippen LogP contribution in [0.15, 0.2) is 114 Å². The van der Waals surface area contributed by atoms with Gasteiger partial charge in [0.15, 0.2) is 0 Å². The summed E-state index contributed by atoms with van der Waals surface area (Å²) in [7, 11) is -4.17. The number of sulfonamides is 1. The predicted octanol–water partition coefficient (Wildman–Crippen LogP) is 6.80. The van der Waals surface area contributed by atoms with Crippen molar-refractivity contribution in [1.29, 1.82) is 0 Å². The molecule has 0 bridgehead atoms. The van der Waals surface area contributed by atoms with Crippen LogP contribution in [0.3, 0.4) is 0 Å². The highest BCUT2D eigenvalue weighted by Crippen LogP contribution is 2.29. The molecular weight excluding hydrogens is 610 g/mol. The summed E-state index contributed by atoms with van der Waals surface area (Å²) in [6.07, 6.45) is 3.90. The van der Waals surface area contributed by atoms with Gasteiger partial charge in [0.05, 0.1) is 10.6 Å². The lowest BCUT2D eigenvalue weighted by molar-refractivity contribution is -0.139. The molecule has 4 aromatic carbocycles. The lowest BCUT2D eigenvalue weighted by Crippen LogP contribution is -2.52. The number of halogens is 1. The molecule has 234 valence electrons. The van der Waals surface area contributed by atoms with Crippen LogP contribution in [0.4, 0.5) is 5.69 Å². The van der Waals surface area contributed by atoms with Gasteiger partial charge < -0.3 is 15.0 Å². The molecule has 1 N–H and O–H groups in total. The van der Waals surface area contributed by atoms with Gasteiger partial charge >= 0.3 is 0 Å². The highest BCUT2D eigenvalue weighted by Gasteiger charge is 2.33. The van der Waals surface area contributed by atoms with Crippen molar-refractivity contribution >= 4 is 39.1 Å². The highest BCUT2D eigenvalue weighted by molar-refractivity contribution is 7.92. The summed E-state index contributed by atoms with van der Waals surface area (Å²) in [5.41, 5.74) is 1.04. The quantitative estimate of drug-likeness (QED) is 0.183. The van der Waals surface area contributed by atoms with Crippen LogP contribution in [0.2, 0.25) is 5.02 Å². The zero-order valence-corrected chi connectivity index (χ0v) is 26.6. The number of nitrogens with one attached hydrogen (secondary N) is 1. The molecule has 8 nitrogen and oxygen atoms in total. The molecule has 1 atom stereocenters. The summed E-state index contributed by atoms with van der Waals surface area (Å²) in [5, 5.41) is 3.62. The third-order valence-electron chi connectivity index (χ3n) is 7.85. The fourth-order valence-corrected chi connectivity index (χ4v) is 6.88. The van der Waals surface area contributed by atoms with Crippen molar-refractivity contribution in [3.05, 3.63) is 120 Å². The normalized spacial score (nSPS) is 14.0. The molecule has 0 spiro atoms. The van der Waals surface area contributed by atoms with Crippen LogP contribution in [-0.2, 0) is 26.2 Å². The van der Waals surface area contributed by atoms with E-state index < -0.39 is 28.5 Å². The molecule has 1 saturated carbocycles. The van der Waals surface area contributed by atoms with Gasteiger partial charge in [-0.05, 0) is 86.0 Å². The molecule has 5 rings (SSSR count). The molecule has 2 amide bonds. The van der Waals surface area contributed by atoms with Gasteiger partial charge in [0, 0.05) is 17.6 Å². The second kappa shape index (κ2) is 14.6. The number of hydrogen-bond acceptors (Lipinski definition) is 5. The number of anilines is 1. The SMILES string of the molecule is C[C@H](C(=O)NC1CCCC1)N(Cc1ccc(Cl)cc1)C(=O)CN(c1ccc(Oc2ccccc2)cc1)S(=O)(=O)c1ccccc1. The van der Waals surface area contributed by atoms with Crippen molar-refractivity contribution in [3.63, 3.8) is 0 Å². The molecule has 0 unspecified atom stereocenters. The summed E-state index contributed by atoms with van der Waals surface area (Å²) in [4.78, 5) is 29.0. The average Bonchev–Trinajstić information content (AvgIpc) is 3.57. The van der Waals surface area contributed by atoms with Gasteiger partial charge in [-0.3, -0.25) is 13.9 Å². The smallest absolute Gasteiger partial charge is 0.264 e. The van der Waals surface area contributed by atoms with E-state index in [1.165, 1.54) is 17.0 Å². The molecule has 0 radical (unpaired) electrons. The molecule has 1 aliphatic rings. The van der Waals surface area contributed by atoms with E-state index >= 15 is 0 Å². The Balaban J connectivity index is 1.45. The maximum Gasteiger partial charge on any atom is 0.264 e. The number of amides is 2. The van der Waals surface area contributed by atoms with E-state index in [1.54, 1.807) is 73.7 Å². The van der Waals surface area contributed by atoms with Crippen LogP contribution in [0.1, 0.15) is 38.2 Å². The predicted molar refractivity (Wildman–Crippen MR) is 176 cm³/mol. The topological polar surface area (TPSA) is 96.0 Å². The van der Waals surface area contributed by atoms with Crippen molar-refractivity contribution in [2.75, 3.05) is 10.8 Å². The lowest BCUT2D eigenvalue weighted by Gasteiger charge is -2.32. The monoisotopic (exact) mass is 645 g/mol. The van der Waals surface area contributed by atoms with Crippen LogP contribution in [0.25, 0.3) is 0 Å². The first-order chi connectivity index (χ1) is 21.7. The third kappa shape index (κ3) is 8.23. The Morgan fingerprint density at radius 3 is 2.04 bits per heavy atom. The van der Waals surface area contributed by atoms with Gasteiger partial charge in [-0.1, -0.05) is 73.0 Å². The zero-order chi connectivity index (χ0) is 31.8. The van der Waals surface area contributed by atoms with Crippen LogP contribution < -0.4 is 14.4 Å². The summed E-state index contributed by atoms with van der Waals surface area (Å²) in [6.45, 7) is 1.24. The number of rotatable bonds is 12. The van der Waals surface area contributed by atoms with Crippen LogP contribution in [0.5, 0.6) is 11.5 Å². The fraction of sp³-hybridized carbons (Fsp3) is 0.257. The summed E-state index contributed by atoms with van der Waals surface area (Å²) < 4.78 is 35.0. The number of para-hydroxylation sites is 1. The van der Waals surface area contributed by atoms with Crippen molar-refractivity contribution in [1.82, 2.24) is 10.2 Å². The summed E-state index contributed by atoms with van der Waals surface area (Å²) in [5.74, 6) is 0.346. The van der Waals surface area contributed by atoms with Gasteiger partial charge in [-0.15, -0.1) is 0 Å². The summed E-state index contributed by atoms with van der Waals surface area (Å²) in [6, 6.07) is 29.9. The minimum Gasteiger partial charge on any atom is -0.457 e. The Bertz CT molecular complexity index is 1680. The number of nitrogens with zero attached hydrogens (tertiary/aromatic N) is 2. The second-order valence-corrected chi connectivity index (χ2v) is 13.3. The minimum atomic E-state index is -4.17. The molecular formula is C35H36ClN3O5S. The molecule has 0 aliphatic heterocycles. The first kappa shape index (κ1) is 32.1. The lowest BCUT2D eigenvalue weighted by atomic mass is 10.1. The van der Waals surface area contributed by atoms with Gasteiger partial charge in [0.1, 0.15) is 24.1 Å². The Kier molecular flexibility index (Phi) is 10.4. The standard InChI is InChI=1S/C35H36ClN3O5S/c1-26(35(41)37-29-10-8-9-11-29)38(24-27-16-18-28(36)19-17-27)34(40)25-39(45(42,43)33-14-6-3-7-15-33)30-20-22-32(23-21-30)44-31-12-4-2-5-13-31/h2-7,12-23,26,29H,8-11,24-25H2,1H3,(H,37,41)/t26-/m1/s1. The van der Waals surface area contributed by atoms with Crippen molar-refractivity contribution in [3.8, 4) is 11.5 Å². The van der Waals surface area contributed by atoms with E-state index in [0.29, 0.717) is 16.5 Å². The maximum absolute atomic E-state index is 14.2. The van der Waals surface area contributed by atoms with Crippen LogP contribution >= 0.6 is 11.6 Å². The second-order valence-electron chi connectivity index (χ2n) is 11.0. The number of hydrogen-bond donors (Lipinski definition) is 1. The molecule has 1 fully saturated rings. The first-order valence-electron chi connectivity index (χ1n) is 15.0. The molecule has 0 aromatic heterocycles. The Morgan fingerprint density at radius 1 is 0.844 bits per heavy atom. The van der Waals surface area contributed by atoms with Gasteiger partial charge in [-0.2, -0.15) is 0 Å². The van der Waals surface area contributed by atoms with Gasteiger partial charge in [-0.25, -0.2) is 8.42 Å². The van der Waals surface area contributed by atoms with E-state index in [2.05, 4.69) is 5.32 Å². The van der Waals surface area contributed by atoms with Gasteiger partial charge in [0.25, 0.3) is 10.0 Å². The van der Waals surface area contributed by atoms with E-state index in [1.807, 2.05) is 30.3 Å². The molecule has 0 heterocycles. The molecule has 1 aliphatic carbocycles. The molecule has 10 heteroatoms. The Labute approximate surface area is 269 Å². The molecule has 4 aromatic rings. The number of carbonyl (C=O) groups excluding carboxylic acids is 2. The molecule has 0 saturated heterocycles. The Morgan fingerprint density at radius 2 is 1.42 bits per heavy atom. The van der Waals surface area contributed by atoms with Crippen molar-refractivity contribution in [2.24, 2.45) is 0 Å². The van der Waals surface area contributed by atoms with Crippen molar-refractivity contribution < 1.29 is 22.7 Å². The summed E-state index contributed by atoms with van der Waals surface area (Å²) >= 11 is 6.09. The van der Waals surface area contributed by atoms with E-state index in [9.17, 15) is 18.0 Å². The Hall–Kier alpha value is -4.34. The largest absolute Gasteiger partial charge is 0.457 e. The first-order valence-corrected chi connectivity index (χ1v) is 16.8. The number of ether oxygens (including phenoxy) is 1. The van der Waals surface area contributed by atoms with Crippen molar-refractivity contribution in [2.45, 2.75) is 56.1 Å². The van der Waals surface area contributed by atoms with Gasteiger partial charge in [0.2, 0.25) is 11.8 Å². The maximum atomic E-state index is 14.2. The third-order valence-corrected chi connectivity index (χ3v) is 9.89. The van der Waals surface area contributed by atoms with Crippen LogP contribution in [-0.4, -0.2) is 43.8 Å². The fourth-order valence-electron chi connectivity index (χ4n) is 5.31. The minimum absolute atomic E-state index is 0.0405. The highest BCUT2D eigenvalue weighted by atomic mass is 35.5. The van der Waals surface area contributed by atoms with E-state index in [0.717, 1.165) is 35.6 Å². The molecule has 45 heavy (non-hydrogen) atoms. The van der Waals surface area contributed by atoms with E-state index in [-0.39, 0.29) is 29.1 Å². The van der Waals surface area contributed by atoms with E-state index in [4.69, 9.17) is 16.3 Å². The zero-order valence-electron chi connectivity index (χ0n) is 25.0. The van der Waals surface area contributed by atoms with Crippen LogP contribution in [0, 0.1) is 0 Å². The number of benzene rings is 4.